The number of thiazole rings is 1. The standard InChI is InChI=1S/C27H21F2N3O3S2/c1-15-8-3-5-10-18(15)31-24(33)22-16(2)30-27-32(23(22)20-12-7-13-36-20)25(34)21(37-27)14-17-9-4-6-11-19(17)35-26(28)29/h3-14,23,26H,1-2H3,(H,31,33)/b21-14+/t23-/m0/s1. The number of benzene rings is 2. The van der Waals surface area contributed by atoms with Gasteiger partial charge >= 0.3 is 6.61 Å². The fraction of sp³-hybridized carbons (Fsp3) is 0.148. The lowest BCUT2D eigenvalue weighted by Crippen LogP contribution is -2.40. The number of alkyl halides is 2. The van der Waals surface area contributed by atoms with Crippen molar-refractivity contribution in [3.63, 3.8) is 0 Å². The zero-order valence-corrected chi connectivity index (χ0v) is 21.4. The summed E-state index contributed by atoms with van der Waals surface area (Å²) in [5, 5.41) is 4.85. The summed E-state index contributed by atoms with van der Waals surface area (Å²) in [6, 6.07) is 16.8. The predicted octanol–water partition coefficient (Wildman–Crippen LogP) is 4.85. The Labute approximate surface area is 218 Å². The Bertz CT molecular complexity index is 1690. The van der Waals surface area contributed by atoms with Gasteiger partial charge in [-0.1, -0.05) is 53.8 Å². The number of allylic oxidation sites excluding steroid dienone is 1. The molecule has 37 heavy (non-hydrogen) atoms. The minimum atomic E-state index is -2.99. The smallest absolute Gasteiger partial charge is 0.387 e. The minimum absolute atomic E-state index is 0.0346. The van der Waals surface area contributed by atoms with Crippen molar-refractivity contribution in [2.24, 2.45) is 4.99 Å². The van der Waals surface area contributed by atoms with Gasteiger partial charge in [-0.25, -0.2) is 4.99 Å². The van der Waals surface area contributed by atoms with E-state index in [2.05, 4.69) is 15.0 Å². The van der Waals surface area contributed by atoms with E-state index in [1.54, 1.807) is 25.1 Å². The number of aromatic nitrogens is 1. The summed E-state index contributed by atoms with van der Waals surface area (Å²) in [5.41, 5.74) is 2.41. The molecule has 0 aliphatic carbocycles. The molecule has 1 aliphatic heterocycles. The van der Waals surface area contributed by atoms with E-state index >= 15 is 0 Å². The summed E-state index contributed by atoms with van der Waals surface area (Å²) in [4.78, 5) is 33.1. The second kappa shape index (κ2) is 10.2. The fourth-order valence-corrected chi connectivity index (χ4v) is 6.04. The summed E-state index contributed by atoms with van der Waals surface area (Å²) in [6.07, 6.45) is 1.51. The molecule has 1 aliphatic rings. The molecule has 0 unspecified atom stereocenters. The quantitative estimate of drug-likeness (QED) is 0.383. The third-order valence-corrected chi connectivity index (χ3v) is 7.80. The number of aryl methyl sites for hydroxylation is 1. The highest BCUT2D eigenvalue weighted by atomic mass is 32.1. The average molecular weight is 538 g/mol. The van der Waals surface area contributed by atoms with Gasteiger partial charge in [-0.05, 0) is 49.1 Å². The first-order valence-corrected chi connectivity index (χ1v) is 13.0. The summed E-state index contributed by atoms with van der Waals surface area (Å²) in [7, 11) is 0. The van der Waals surface area contributed by atoms with Crippen LogP contribution in [0.1, 0.15) is 29.0 Å². The van der Waals surface area contributed by atoms with Crippen molar-refractivity contribution < 1.29 is 18.3 Å². The van der Waals surface area contributed by atoms with Crippen molar-refractivity contribution in [1.29, 1.82) is 0 Å². The number of hydrogen-bond acceptors (Lipinski definition) is 6. The van der Waals surface area contributed by atoms with Crippen LogP contribution in [0.4, 0.5) is 14.5 Å². The molecule has 0 saturated heterocycles. The van der Waals surface area contributed by atoms with Crippen LogP contribution in [0, 0.1) is 6.92 Å². The van der Waals surface area contributed by atoms with Crippen LogP contribution >= 0.6 is 22.7 Å². The lowest BCUT2D eigenvalue weighted by molar-refractivity contribution is -0.113. The van der Waals surface area contributed by atoms with Gasteiger partial charge in [-0.3, -0.25) is 14.2 Å². The van der Waals surface area contributed by atoms with E-state index < -0.39 is 12.7 Å². The van der Waals surface area contributed by atoms with Crippen LogP contribution in [0.3, 0.4) is 0 Å². The Kier molecular flexibility index (Phi) is 6.86. The number of nitrogens with zero attached hydrogens (tertiary/aromatic N) is 2. The maximum atomic E-state index is 13.7. The molecule has 0 spiro atoms. The molecule has 1 N–H and O–H groups in total. The molecule has 0 bridgehead atoms. The lowest BCUT2D eigenvalue weighted by Gasteiger charge is -2.24. The molecule has 2 aromatic carbocycles. The maximum Gasteiger partial charge on any atom is 0.387 e. The Hall–Kier alpha value is -3.89. The second-order valence-corrected chi connectivity index (χ2v) is 10.3. The average Bonchev–Trinajstić information content (AvgIpc) is 3.49. The number of anilines is 1. The van der Waals surface area contributed by atoms with Crippen LogP contribution in [0.25, 0.3) is 6.08 Å². The van der Waals surface area contributed by atoms with E-state index in [9.17, 15) is 18.4 Å². The fourth-order valence-electron chi connectivity index (χ4n) is 4.17. The largest absolute Gasteiger partial charge is 0.434 e. The molecule has 4 aromatic rings. The van der Waals surface area contributed by atoms with Crippen molar-refractivity contribution in [2.75, 3.05) is 5.32 Å². The zero-order chi connectivity index (χ0) is 26.1. The number of para-hydroxylation sites is 2. The third-order valence-electron chi connectivity index (χ3n) is 5.89. The van der Waals surface area contributed by atoms with E-state index in [4.69, 9.17) is 0 Å². The van der Waals surface area contributed by atoms with Crippen LogP contribution < -0.4 is 24.9 Å². The van der Waals surface area contributed by atoms with E-state index in [1.807, 2.05) is 48.7 Å². The Morgan fingerprint density at radius 2 is 1.86 bits per heavy atom. The summed E-state index contributed by atoms with van der Waals surface area (Å²) in [5.74, 6) is -0.383. The molecule has 6 nitrogen and oxygen atoms in total. The minimum Gasteiger partial charge on any atom is -0.434 e. The van der Waals surface area contributed by atoms with Gasteiger partial charge in [-0.15, -0.1) is 11.3 Å². The van der Waals surface area contributed by atoms with Crippen LogP contribution in [-0.2, 0) is 4.79 Å². The number of nitrogens with one attached hydrogen (secondary N) is 1. The van der Waals surface area contributed by atoms with Gasteiger partial charge in [0.25, 0.3) is 11.5 Å². The number of hydrogen-bond donors (Lipinski definition) is 1. The van der Waals surface area contributed by atoms with Gasteiger partial charge in [0.1, 0.15) is 11.8 Å². The number of amides is 1. The Morgan fingerprint density at radius 1 is 1.11 bits per heavy atom. The maximum absolute atomic E-state index is 13.7. The zero-order valence-electron chi connectivity index (χ0n) is 19.8. The third kappa shape index (κ3) is 4.90. The van der Waals surface area contributed by atoms with E-state index in [-0.39, 0.29) is 17.2 Å². The Balaban J connectivity index is 1.64. The number of fused-ring (bicyclic) bond motifs is 1. The Morgan fingerprint density at radius 3 is 2.59 bits per heavy atom. The van der Waals surface area contributed by atoms with Crippen LogP contribution in [0.15, 0.2) is 87.1 Å². The SMILES string of the molecule is CC1=C(C(=O)Nc2ccccc2C)[C@H](c2cccs2)n2c(s/c(=C/c3ccccc3OC(F)F)c2=O)=N1. The highest BCUT2D eigenvalue weighted by Crippen LogP contribution is 2.33. The molecule has 2 aromatic heterocycles. The molecule has 5 rings (SSSR count). The van der Waals surface area contributed by atoms with Crippen molar-refractivity contribution in [3.05, 3.63) is 113 Å². The van der Waals surface area contributed by atoms with Gasteiger partial charge in [0.2, 0.25) is 0 Å². The van der Waals surface area contributed by atoms with Crippen molar-refractivity contribution in [2.45, 2.75) is 26.5 Å². The van der Waals surface area contributed by atoms with Gasteiger partial charge in [0, 0.05) is 16.1 Å². The molecule has 0 fully saturated rings. The molecule has 0 radical (unpaired) electrons. The molecular weight excluding hydrogens is 516 g/mol. The van der Waals surface area contributed by atoms with Crippen LogP contribution in [-0.4, -0.2) is 17.1 Å². The number of carbonyl (C=O) groups excluding carboxylic acids is 1. The molecule has 1 atom stereocenters. The van der Waals surface area contributed by atoms with E-state index in [0.29, 0.717) is 31.9 Å². The molecule has 0 saturated carbocycles. The van der Waals surface area contributed by atoms with Crippen molar-refractivity contribution >= 4 is 40.3 Å². The molecule has 188 valence electrons. The van der Waals surface area contributed by atoms with Crippen molar-refractivity contribution in [1.82, 2.24) is 4.57 Å². The van der Waals surface area contributed by atoms with Crippen molar-refractivity contribution in [3.8, 4) is 5.75 Å². The summed E-state index contributed by atoms with van der Waals surface area (Å²) >= 11 is 2.57. The topological polar surface area (TPSA) is 72.7 Å². The number of thiophene rings is 1. The van der Waals surface area contributed by atoms with Gasteiger partial charge in [0.05, 0.1) is 15.8 Å². The molecular formula is C27H21F2N3O3S2. The first-order chi connectivity index (χ1) is 17.8. The highest BCUT2D eigenvalue weighted by molar-refractivity contribution is 7.10. The number of rotatable bonds is 6. The van der Waals surface area contributed by atoms with Crippen LogP contribution in [0.2, 0.25) is 0 Å². The number of carbonyl (C=O) groups is 1. The molecule has 1 amide bonds. The van der Waals surface area contributed by atoms with Crippen LogP contribution in [0.5, 0.6) is 5.75 Å². The van der Waals surface area contributed by atoms with Gasteiger partial charge in [-0.2, -0.15) is 8.78 Å². The normalized spacial score (nSPS) is 15.5. The van der Waals surface area contributed by atoms with E-state index in [0.717, 1.165) is 21.8 Å². The lowest BCUT2D eigenvalue weighted by atomic mass is 10.0. The summed E-state index contributed by atoms with van der Waals surface area (Å²) < 4.78 is 32.2. The first kappa shape index (κ1) is 24.8. The molecule has 10 heteroatoms. The number of halogens is 2. The number of ether oxygens (including phenoxy) is 1. The van der Waals surface area contributed by atoms with Gasteiger partial charge in [0.15, 0.2) is 4.80 Å². The van der Waals surface area contributed by atoms with E-state index in [1.165, 1.54) is 28.0 Å². The monoisotopic (exact) mass is 537 g/mol. The first-order valence-electron chi connectivity index (χ1n) is 11.3. The van der Waals surface area contributed by atoms with Gasteiger partial charge < -0.3 is 10.1 Å². The molecule has 3 heterocycles. The predicted molar refractivity (Wildman–Crippen MR) is 141 cm³/mol. The highest BCUT2D eigenvalue weighted by Gasteiger charge is 2.33. The second-order valence-electron chi connectivity index (χ2n) is 8.28. The summed E-state index contributed by atoms with van der Waals surface area (Å²) in [6.45, 7) is 0.653.